The first-order chi connectivity index (χ1) is 19.6. The van der Waals surface area contributed by atoms with Crippen LogP contribution in [0.5, 0.6) is 5.75 Å². The minimum atomic E-state index is -4.49. The Labute approximate surface area is 238 Å². The first-order valence-electron chi connectivity index (χ1n) is 14.1. The number of likely N-dealkylation sites (tertiary alicyclic amines) is 2. The van der Waals surface area contributed by atoms with Crippen molar-refractivity contribution in [2.45, 2.75) is 52.0 Å². The van der Waals surface area contributed by atoms with E-state index in [0.717, 1.165) is 54.8 Å². The van der Waals surface area contributed by atoms with Crippen molar-refractivity contribution in [2.24, 2.45) is 0 Å². The molecule has 41 heavy (non-hydrogen) atoms. The molecule has 1 aromatic heterocycles. The summed E-state index contributed by atoms with van der Waals surface area (Å²) < 4.78 is 47.4. The summed E-state index contributed by atoms with van der Waals surface area (Å²) in [7, 11) is 0. The largest absolute Gasteiger partial charge is 0.492 e. The lowest BCUT2D eigenvalue weighted by atomic mass is 10.1. The van der Waals surface area contributed by atoms with E-state index >= 15 is 0 Å². The third-order valence-electron chi connectivity index (χ3n) is 8.14. The number of nitrogens with zero attached hydrogens (tertiary/aromatic N) is 3. The molecule has 0 spiro atoms. The molecular formula is C33H35F3N4O. The van der Waals surface area contributed by atoms with E-state index < -0.39 is 11.7 Å². The Kier molecular flexibility index (Phi) is 7.38. The summed E-state index contributed by atoms with van der Waals surface area (Å²) in [5, 5.41) is 4.03. The molecule has 1 unspecified atom stereocenters. The molecule has 3 aromatic carbocycles. The fraction of sp³-hybridized carbons (Fsp3) is 0.364. The van der Waals surface area contributed by atoms with E-state index in [1.807, 2.05) is 37.3 Å². The fourth-order valence-electron chi connectivity index (χ4n) is 6.46. The molecule has 3 heterocycles. The molecule has 2 atom stereocenters. The van der Waals surface area contributed by atoms with Crippen LogP contribution in [0.1, 0.15) is 34.4 Å². The summed E-state index contributed by atoms with van der Waals surface area (Å²) in [6.07, 6.45) is -3.36. The highest BCUT2D eigenvalue weighted by Gasteiger charge is 2.42. The molecule has 6 rings (SSSR count). The predicted octanol–water partition coefficient (Wildman–Crippen LogP) is 7.26. The van der Waals surface area contributed by atoms with Crippen molar-refractivity contribution in [3.8, 4) is 5.75 Å². The number of hydrogen-bond acceptors (Lipinski definition) is 5. The molecule has 1 N–H and O–H groups in total. The normalized spacial score (nSPS) is 19.3. The molecular weight excluding hydrogens is 525 g/mol. The van der Waals surface area contributed by atoms with Crippen LogP contribution in [-0.2, 0) is 12.7 Å². The van der Waals surface area contributed by atoms with Gasteiger partial charge >= 0.3 is 6.18 Å². The molecule has 2 aliphatic heterocycles. The van der Waals surface area contributed by atoms with Crippen molar-refractivity contribution in [3.05, 3.63) is 94.7 Å². The molecule has 4 aromatic rings. The number of hydrogen-bond donors (Lipinski definition) is 1. The summed E-state index contributed by atoms with van der Waals surface area (Å²) in [6.45, 7) is 10.1. The van der Waals surface area contributed by atoms with E-state index in [9.17, 15) is 13.2 Å². The number of ether oxygens (including phenoxy) is 1. The van der Waals surface area contributed by atoms with Crippen LogP contribution in [0.4, 0.5) is 24.5 Å². The number of anilines is 2. The quantitative estimate of drug-likeness (QED) is 0.246. The average molecular weight is 561 g/mol. The van der Waals surface area contributed by atoms with E-state index in [2.05, 4.69) is 52.1 Å². The van der Waals surface area contributed by atoms with Crippen molar-refractivity contribution >= 4 is 22.3 Å². The number of piperazine rings is 1. The van der Waals surface area contributed by atoms with Gasteiger partial charge in [0.25, 0.3) is 0 Å². The summed E-state index contributed by atoms with van der Waals surface area (Å²) >= 11 is 0. The molecule has 214 valence electrons. The Hall–Kier alpha value is -3.62. The van der Waals surface area contributed by atoms with Crippen molar-refractivity contribution in [3.63, 3.8) is 0 Å². The first kappa shape index (κ1) is 27.5. The maximum Gasteiger partial charge on any atom is 0.416 e. The van der Waals surface area contributed by atoms with Crippen LogP contribution in [-0.4, -0.2) is 53.1 Å². The average Bonchev–Trinajstić information content (AvgIpc) is 3.48. The number of halogens is 3. The topological polar surface area (TPSA) is 40.6 Å². The Morgan fingerprint density at radius 1 is 0.902 bits per heavy atom. The van der Waals surface area contributed by atoms with Crippen LogP contribution in [0.3, 0.4) is 0 Å². The smallest absolute Gasteiger partial charge is 0.416 e. The molecule has 8 heteroatoms. The van der Waals surface area contributed by atoms with Gasteiger partial charge in [0.2, 0.25) is 0 Å². The van der Waals surface area contributed by atoms with Crippen molar-refractivity contribution in [1.82, 2.24) is 14.8 Å². The number of nitrogens with one attached hydrogen (secondary N) is 1. The number of fused-ring (bicyclic) bond motifs is 3. The van der Waals surface area contributed by atoms with Crippen LogP contribution < -0.4 is 10.1 Å². The van der Waals surface area contributed by atoms with Crippen molar-refractivity contribution < 1.29 is 17.9 Å². The fourth-order valence-corrected chi connectivity index (χ4v) is 6.46. The first-order valence-corrected chi connectivity index (χ1v) is 14.1. The van der Waals surface area contributed by atoms with Gasteiger partial charge in [0, 0.05) is 66.8 Å². The van der Waals surface area contributed by atoms with Crippen molar-refractivity contribution in [2.75, 3.05) is 31.6 Å². The number of benzene rings is 3. The van der Waals surface area contributed by atoms with Gasteiger partial charge < -0.3 is 10.1 Å². The Balaban J connectivity index is 1.11. The minimum Gasteiger partial charge on any atom is -0.492 e. The van der Waals surface area contributed by atoms with Gasteiger partial charge in [-0.3, -0.25) is 14.8 Å². The maximum atomic E-state index is 13.8. The summed E-state index contributed by atoms with van der Waals surface area (Å²) in [4.78, 5) is 9.51. The molecule has 2 fully saturated rings. The summed E-state index contributed by atoms with van der Waals surface area (Å²) in [5.41, 5.74) is 5.79. The number of aryl methyl sites for hydroxylation is 3. The van der Waals surface area contributed by atoms with Gasteiger partial charge in [0.05, 0.1) is 11.1 Å². The second kappa shape index (κ2) is 11.0. The highest BCUT2D eigenvalue weighted by Crippen LogP contribution is 2.36. The number of para-hydroxylation sites is 1. The van der Waals surface area contributed by atoms with Gasteiger partial charge in [-0.15, -0.1) is 0 Å². The van der Waals surface area contributed by atoms with E-state index in [0.29, 0.717) is 36.6 Å². The summed E-state index contributed by atoms with van der Waals surface area (Å²) in [6, 6.07) is 21.0. The third-order valence-corrected chi connectivity index (χ3v) is 8.14. The minimum absolute atomic E-state index is 0.207. The SMILES string of the molecule is Cc1cc(C)cc(CN2CC3C[C@H]2CN3CCOc2cc(Nc3cc(C)nc4ccccc34)cc(C(F)(F)F)c2)c1. The van der Waals surface area contributed by atoms with Crippen LogP contribution in [0.2, 0.25) is 0 Å². The maximum absolute atomic E-state index is 13.8. The zero-order chi connectivity index (χ0) is 28.7. The van der Waals surface area contributed by atoms with Gasteiger partial charge in [-0.2, -0.15) is 13.2 Å². The highest BCUT2D eigenvalue weighted by atomic mass is 19.4. The zero-order valence-electron chi connectivity index (χ0n) is 23.6. The highest BCUT2D eigenvalue weighted by molar-refractivity contribution is 5.93. The lowest BCUT2D eigenvalue weighted by molar-refractivity contribution is -0.137. The van der Waals surface area contributed by atoms with E-state index in [-0.39, 0.29) is 5.75 Å². The second-order valence-electron chi connectivity index (χ2n) is 11.5. The molecule has 2 saturated heterocycles. The van der Waals surface area contributed by atoms with Crippen LogP contribution in [0.15, 0.2) is 66.7 Å². The second-order valence-corrected chi connectivity index (χ2v) is 11.5. The number of aromatic nitrogens is 1. The molecule has 0 aliphatic carbocycles. The van der Waals surface area contributed by atoms with Crippen LogP contribution >= 0.6 is 0 Å². The summed E-state index contributed by atoms with van der Waals surface area (Å²) in [5.74, 6) is 0.207. The molecule has 2 aliphatic rings. The van der Waals surface area contributed by atoms with E-state index in [1.165, 1.54) is 16.7 Å². The van der Waals surface area contributed by atoms with Gasteiger partial charge in [0.15, 0.2) is 0 Å². The van der Waals surface area contributed by atoms with Crippen LogP contribution in [0, 0.1) is 20.8 Å². The molecule has 0 radical (unpaired) electrons. The van der Waals surface area contributed by atoms with Gasteiger partial charge in [-0.05, 0) is 57.0 Å². The van der Waals surface area contributed by atoms with Gasteiger partial charge in [-0.25, -0.2) is 0 Å². The zero-order valence-corrected chi connectivity index (χ0v) is 23.6. The van der Waals surface area contributed by atoms with Gasteiger partial charge in [-0.1, -0.05) is 47.5 Å². The van der Waals surface area contributed by atoms with Crippen LogP contribution in [0.25, 0.3) is 10.9 Å². The number of rotatable bonds is 8. The Bertz CT molecular complexity index is 1550. The number of alkyl halides is 3. The van der Waals surface area contributed by atoms with E-state index in [1.54, 1.807) is 6.07 Å². The molecule has 2 bridgehead atoms. The Morgan fingerprint density at radius 2 is 1.63 bits per heavy atom. The van der Waals surface area contributed by atoms with E-state index in [4.69, 9.17) is 4.74 Å². The van der Waals surface area contributed by atoms with Crippen molar-refractivity contribution in [1.29, 1.82) is 0 Å². The predicted molar refractivity (Wildman–Crippen MR) is 157 cm³/mol. The molecule has 5 nitrogen and oxygen atoms in total. The molecule has 0 saturated carbocycles. The lowest BCUT2D eigenvalue weighted by Crippen LogP contribution is -2.47. The standard InChI is InChI=1S/C33H35F3N4O/c1-21-10-22(2)12-24(11-21)18-40-20-27-17-28(40)19-39(27)8-9-41-29-15-25(33(34,35)36)14-26(16-29)38-32-13-23(3)37-31-7-5-4-6-30(31)32/h4-7,10-16,27-28H,8-9,17-20H2,1-3H3,(H,37,38)/t27?,28-/m0/s1. The molecule has 0 amide bonds. The van der Waals surface area contributed by atoms with Gasteiger partial charge in [0.1, 0.15) is 12.4 Å². The number of pyridine rings is 1. The monoisotopic (exact) mass is 560 g/mol. The lowest BCUT2D eigenvalue weighted by Gasteiger charge is -2.34. The third kappa shape index (κ3) is 6.19. The Morgan fingerprint density at radius 3 is 2.37 bits per heavy atom.